The van der Waals surface area contributed by atoms with E-state index in [1.165, 1.54) is 50.1 Å². The molecule has 1 aromatic carbocycles. The van der Waals surface area contributed by atoms with E-state index < -0.39 is 0 Å². The van der Waals surface area contributed by atoms with E-state index in [0.29, 0.717) is 6.10 Å². The molecule has 1 aromatic rings. The average Bonchev–Trinajstić information content (AvgIpc) is 3.10. The summed E-state index contributed by atoms with van der Waals surface area (Å²) in [6.45, 7) is 4.25. The van der Waals surface area contributed by atoms with E-state index in [9.17, 15) is 0 Å². The number of nitrogens with zero attached hydrogens (tertiary/aromatic N) is 1. The molecule has 2 saturated heterocycles. The number of rotatable bonds is 4. The molecule has 0 aliphatic carbocycles. The second kappa shape index (κ2) is 5.61. The lowest BCUT2D eigenvalue weighted by Crippen LogP contribution is -2.22. The Morgan fingerprint density at radius 3 is 2.78 bits per heavy atom. The molecule has 0 spiro atoms. The minimum atomic E-state index is 0.400. The van der Waals surface area contributed by atoms with Crippen molar-refractivity contribution in [2.45, 2.75) is 31.8 Å². The molecule has 3 nitrogen and oxygen atoms in total. The first-order chi connectivity index (χ1) is 8.93. The highest BCUT2D eigenvalue weighted by Crippen LogP contribution is 2.28. The summed E-state index contributed by atoms with van der Waals surface area (Å²) < 4.78 is 5.66. The van der Waals surface area contributed by atoms with E-state index in [0.717, 1.165) is 13.2 Å². The SMILES string of the molecule is c1ccc(N2CCCC2)c(NCC2CCCO2)c1. The van der Waals surface area contributed by atoms with Crippen LogP contribution in [0.2, 0.25) is 0 Å². The molecule has 1 atom stereocenters. The molecule has 98 valence electrons. The van der Waals surface area contributed by atoms with Gasteiger partial charge in [-0.2, -0.15) is 0 Å². The van der Waals surface area contributed by atoms with Gasteiger partial charge in [0, 0.05) is 26.2 Å². The summed E-state index contributed by atoms with van der Waals surface area (Å²) in [6, 6.07) is 8.65. The largest absolute Gasteiger partial charge is 0.381 e. The number of hydrogen-bond donors (Lipinski definition) is 1. The molecule has 2 aliphatic rings. The van der Waals surface area contributed by atoms with Gasteiger partial charge < -0.3 is 15.0 Å². The van der Waals surface area contributed by atoms with Crippen LogP contribution in [0.3, 0.4) is 0 Å². The summed E-state index contributed by atoms with van der Waals surface area (Å²) in [5.74, 6) is 0. The smallest absolute Gasteiger partial charge is 0.0748 e. The molecule has 0 aromatic heterocycles. The van der Waals surface area contributed by atoms with Crippen molar-refractivity contribution in [1.29, 1.82) is 0 Å². The lowest BCUT2D eigenvalue weighted by molar-refractivity contribution is 0.120. The summed E-state index contributed by atoms with van der Waals surface area (Å²) in [7, 11) is 0. The third-order valence-corrected chi connectivity index (χ3v) is 3.89. The highest BCUT2D eigenvalue weighted by atomic mass is 16.5. The monoisotopic (exact) mass is 246 g/mol. The van der Waals surface area contributed by atoms with Gasteiger partial charge in [0.15, 0.2) is 0 Å². The van der Waals surface area contributed by atoms with Crippen molar-refractivity contribution in [3.05, 3.63) is 24.3 Å². The molecule has 0 radical (unpaired) electrons. The molecule has 2 fully saturated rings. The van der Waals surface area contributed by atoms with Gasteiger partial charge in [-0.25, -0.2) is 0 Å². The van der Waals surface area contributed by atoms with Crippen LogP contribution in [-0.4, -0.2) is 32.3 Å². The molecule has 3 rings (SSSR count). The molecule has 2 heterocycles. The van der Waals surface area contributed by atoms with Crippen LogP contribution in [-0.2, 0) is 4.74 Å². The van der Waals surface area contributed by atoms with Gasteiger partial charge in [0.05, 0.1) is 17.5 Å². The van der Waals surface area contributed by atoms with Crippen molar-refractivity contribution < 1.29 is 4.74 Å². The lowest BCUT2D eigenvalue weighted by Gasteiger charge is -2.22. The summed E-state index contributed by atoms with van der Waals surface area (Å²) in [5.41, 5.74) is 2.61. The zero-order valence-electron chi connectivity index (χ0n) is 10.9. The normalized spacial score (nSPS) is 23.6. The van der Waals surface area contributed by atoms with Crippen molar-refractivity contribution in [1.82, 2.24) is 0 Å². The summed E-state index contributed by atoms with van der Waals surface area (Å²) >= 11 is 0. The Balaban J connectivity index is 1.66. The molecule has 1 N–H and O–H groups in total. The van der Waals surface area contributed by atoms with E-state index in [1.807, 2.05) is 0 Å². The first-order valence-electron chi connectivity index (χ1n) is 7.13. The zero-order valence-corrected chi connectivity index (χ0v) is 10.9. The van der Waals surface area contributed by atoms with Gasteiger partial charge in [0.1, 0.15) is 0 Å². The summed E-state index contributed by atoms with van der Waals surface area (Å²) in [5, 5.41) is 3.57. The molecule has 1 unspecified atom stereocenters. The van der Waals surface area contributed by atoms with Gasteiger partial charge in [-0.15, -0.1) is 0 Å². The van der Waals surface area contributed by atoms with Crippen LogP contribution in [0.4, 0.5) is 11.4 Å². The maximum atomic E-state index is 5.66. The zero-order chi connectivity index (χ0) is 12.2. The van der Waals surface area contributed by atoms with Crippen LogP contribution in [0.5, 0.6) is 0 Å². The Bertz CT molecular complexity index is 382. The Hall–Kier alpha value is -1.22. The molecule has 0 saturated carbocycles. The molecular formula is C15H22N2O. The van der Waals surface area contributed by atoms with E-state index in [-0.39, 0.29) is 0 Å². The van der Waals surface area contributed by atoms with Crippen molar-refractivity contribution in [2.24, 2.45) is 0 Å². The topological polar surface area (TPSA) is 24.5 Å². The number of para-hydroxylation sites is 2. The molecule has 0 amide bonds. The van der Waals surface area contributed by atoms with E-state index in [1.54, 1.807) is 0 Å². The van der Waals surface area contributed by atoms with Crippen LogP contribution in [0.1, 0.15) is 25.7 Å². The standard InChI is InChI=1S/C15H22N2O/c1-2-8-15(17-9-3-4-10-17)14(7-1)16-12-13-6-5-11-18-13/h1-2,7-8,13,16H,3-6,9-12H2. The lowest BCUT2D eigenvalue weighted by atomic mass is 10.2. The van der Waals surface area contributed by atoms with E-state index in [2.05, 4.69) is 34.5 Å². The Labute approximate surface area is 109 Å². The van der Waals surface area contributed by atoms with Gasteiger partial charge >= 0.3 is 0 Å². The van der Waals surface area contributed by atoms with Gasteiger partial charge in [-0.3, -0.25) is 0 Å². The number of anilines is 2. The average molecular weight is 246 g/mol. The molecule has 3 heteroatoms. The van der Waals surface area contributed by atoms with Gasteiger partial charge in [0.25, 0.3) is 0 Å². The van der Waals surface area contributed by atoms with Gasteiger partial charge in [0.2, 0.25) is 0 Å². The van der Waals surface area contributed by atoms with Crippen molar-refractivity contribution in [3.63, 3.8) is 0 Å². The quantitative estimate of drug-likeness (QED) is 0.884. The van der Waals surface area contributed by atoms with Crippen LogP contribution in [0.15, 0.2) is 24.3 Å². The fraction of sp³-hybridized carbons (Fsp3) is 0.600. The maximum absolute atomic E-state index is 5.66. The first kappa shape index (κ1) is 11.8. The number of nitrogens with one attached hydrogen (secondary N) is 1. The molecular weight excluding hydrogens is 224 g/mol. The Kier molecular flexibility index (Phi) is 3.69. The van der Waals surface area contributed by atoms with Crippen LogP contribution >= 0.6 is 0 Å². The van der Waals surface area contributed by atoms with Crippen molar-refractivity contribution >= 4 is 11.4 Å². The third-order valence-electron chi connectivity index (χ3n) is 3.89. The molecule has 2 aliphatic heterocycles. The Morgan fingerprint density at radius 1 is 1.17 bits per heavy atom. The van der Waals surface area contributed by atoms with Crippen LogP contribution in [0, 0.1) is 0 Å². The minimum absolute atomic E-state index is 0.400. The number of benzene rings is 1. The van der Waals surface area contributed by atoms with Gasteiger partial charge in [-0.1, -0.05) is 12.1 Å². The van der Waals surface area contributed by atoms with E-state index >= 15 is 0 Å². The van der Waals surface area contributed by atoms with Crippen LogP contribution in [0.25, 0.3) is 0 Å². The fourth-order valence-electron chi connectivity index (χ4n) is 2.89. The van der Waals surface area contributed by atoms with Crippen molar-refractivity contribution in [3.8, 4) is 0 Å². The first-order valence-corrected chi connectivity index (χ1v) is 7.13. The highest BCUT2D eigenvalue weighted by molar-refractivity contribution is 5.70. The molecule has 18 heavy (non-hydrogen) atoms. The minimum Gasteiger partial charge on any atom is -0.381 e. The number of ether oxygens (including phenoxy) is 1. The maximum Gasteiger partial charge on any atom is 0.0748 e. The third kappa shape index (κ3) is 2.61. The van der Waals surface area contributed by atoms with Crippen molar-refractivity contribution in [2.75, 3.05) is 36.5 Å². The fourth-order valence-corrected chi connectivity index (χ4v) is 2.89. The Morgan fingerprint density at radius 2 is 2.00 bits per heavy atom. The predicted octanol–water partition coefficient (Wildman–Crippen LogP) is 2.88. The molecule has 0 bridgehead atoms. The number of hydrogen-bond acceptors (Lipinski definition) is 3. The van der Waals surface area contributed by atoms with Gasteiger partial charge in [-0.05, 0) is 37.8 Å². The summed E-state index contributed by atoms with van der Waals surface area (Å²) in [4.78, 5) is 2.48. The predicted molar refractivity (Wildman–Crippen MR) is 75.4 cm³/mol. The van der Waals surface area contributed by atoms with E-state index in [4.69, 9.17) is 4.74 Å². The highest BCUT2D eigenvalue weighted by Gasteiger charge is 2.18. The van der Waals surface area contributed by atoms with Crippen LogP contribution < -0.4 is 10.2 Å². The second-order valence-corrected chi connectivity index (χ2v) is 5.23. The summed E-state index contributed by atoms with van der Waals surface area (Å²) in [6.07, 6.45) is 5.44. The second-order valence-electron chi connectivity index (χ2n) is 5.23.